The van der Waals surface area contributed by atoms with E-state index in [1.54, 1.807) is 12.4 Å². The monoisotopic (exact) mass is 316 g/mol. The Morgan fingerprint density at radius 1 is 0.750 bits per heavy atom. The van der Waals surface area contributed by atoms with Crippen molar-refractivity contribution in [3.63, 3.8) is 0 Å². The van der Waals surface area contributed by atoms with Crippen LogP contribution in [0.15, 0.2) is 85.2 Å². The van der Waals surface area contributed by atoms with Crippen molar-refractivity contribution in [1.29, 1.82) is 0 Å². The van der Waals surface area contributed by atoms with Crippen LogP contribution in [0.25, 0.3) is 0 Å². The molecular weight excluding hydrogens is 296 g/mol. The van der Waals surface area contributed by atoms with Gasteiger partial charge < -0.3 is 4.90 Å². The number of hydrogen-bond acceptors (Lipinski definition) is 2. The number of amides is 1. The number of carbonyl (C=O) groups excluding carboxylic acids is 1. The highest BCUT2D eigenvalue weighted by Crippen LogP contribution is 2.12. The summed E-state index contributed by atoms with van der Waals surface area (Å²) in [5.74, 6) is 0.107. The molecule has 0 aliphatic rings. The van der Waals surface area contributed by atoms with E-state index in [9.17, 15) is 4.79 Å². The number of nitrogens with zero attached hydrogens (tertiary/aromatic N) is 2. The quantitative estimate of drug-likeness (QED) is 0.692. The molecule has 2 aromatic carbocycles. The highest BCUT2D eigenvalue weighted by Gasteiger charge is 2.15. The van der Waals surface area contributed by atoms with Crippen molar-refractivity contribution in [1.82, 2.24) is 9.88 Å². The third-order valence-electron chi connectivity index (χ3n) is 3.86. The fourth-order valence-corrected chi connectivity index (χ4v) is 2.63. The molecule has 0 saturated heterocycles. The number of aromatic nitrogens is 1. The molecule has 0 atom stereocenters. The molecule has 0 aliphatic heterocycles. The minimum Gasteiger partial charge on any atom is -0.334 e. The first kappa shape index (κ1) is 15.9. The van der Waals surface area contributed by atoms with Gasteiger partial charge in [0.15, 0.2) is 0 Å². The zero-order valence-electron chi connectivity index (χ0n) is 13.5. The highest BCUT2D eigenvalue weighted by molar-refractivity contribution is 5.78. The molecule has 0 aliphatic carbocycles. The van der Waals surface area contributed by atoms with E-state index in [2.05, 4.69) is 29.2 Å². The van der Waals surface area contributed by atoms with Crippen LogP contribution in [0, 0.1) is 0 Å². The molecule has 0 unspecified atom stereocenters. The topological polar surface area (TPSA) is 33.2 Å². The van der Waals surface area contributed by atoms with Crippen LogP contribution in [0.5, 0.6) is 0 Å². The Morgan fingerprint density at radius 2 is 1.29 bits per heavy atom. The van der Waals surface area contributed by atoms with Crippen LogP contribution in [0.3, 0.4) is 0 Å². The minimum absolute atomic E-state index is 0.107. The second-order valence-corrected chi connectivity index (χ2v) is 5.76. The summed E-state index contributed by atoms with van der Waals surface area (Å²) in [6.07, 6.45) is 3.84. The van der Waals surface area contributed by atoms with Crippen LogP contribution >= 0.6 is 0 Å². The van der Waals surface area contributed by atoms with Gasteiger partial charge in [-0.2, -0.15) is 0 Å². The smallest absolute Gasteiger partial charge is 0.227 e. The summed E-state index contributed by atoms with van der Waals surface area (Å²) in [5.41, 5.74) is 3.20. The maximum absolute atomic E-state index is 12.8. The van der Waals surface area contributed by atoms with E-state index in [0.717, 1.165) is 16.7 Å². The second kappa shape index (κ2) is 8.06. The highest BCUT2D eigenvalue weighted by atomic mass is 16.2. The summed E-state index contributed by atoms with van der Waals surface area (Å²) in [6, 6.07) is 24.0. The Labute approximate surface area is 142 Å². The fraction of sp³-hybridized carbons (Fsp3) is 0.143. The lowest BCUT2D eigenvalue weighted by molar-refractivity contribution is -0.131. The molecule has 1 heterocycles. The van der Waals surface area contributed by atoms with Crippen molar-refractivity contribution in [3.8, 4) is 0 Å². The van der Waals surface area contributed by atoms with E-state index in [-0.39, 0.29) is 5.91 Å². The van der Waals surface area contributed by atoms with E-state index < -0.39 is 0 Å². The fourth-order valence-electron chi connectivity index (χ4n) is 2.63. The van der Waals surface area contributed by atoms with Gasteiger partial charge in [0.25, 0.3) is 0 Å². The number of benzene rings is 2. The van der Waals surface area contributed by atoms with E-state index in [1.165, 1.54) is 0 Å². The molecule has 120 valence electrons. The normalized spacial score (nSPS) is 10.3. The molecule has 0 fully saturated rings. The first-order chi connectivity index (χ1) is 11.8. The van der Waals surface area contributed by atoms with E-state index in [4.69, 9.17) is 0 Å². The van der Waals surface area contributed by atoms with Crippen LogP contribution < -0.4 is 0 Å². The first-order valence-corrected chi connectivity index (χ1v) is 8.06. The number of pyridine rings is 1. The average Bonchev–Trinajstić information content (AvgIpc) is 2.64. The molecule has 0 spiro atoms. The molecular formula is C21H20N2O. The standard InChI is InChI=1S/C21H20N2O/c24-21(14-20-12-7-13-22-15-20)23(16-18-8-3-1-4-9-18)17-19-10-5-2-6-11-19/h1-13,15H,14,16-17H2. The SMILES string of the molecule is O=C(Cc1cccnc1)N(Cc1ccccc1)Cc1ccccc1. The van der Waals surface area contributed by atoms with E-state index in [0.29, 0.717) is 19.5 Å². The molecule has 3 nitrogen and oxygen atoms in total. The molecule has 0 radical (unpaired) electrons. The zero-order valence-corrected chi connectivity index (χ0v) is 13.5. The van der Waals surface area contributed by atoms with Crippen LogP contribution in [0.2, 0.25) is 0 Å². The third kappa shape index (κ3) is 4.53. The van der Waals surface area contributed by atoms with Gasteiger partial charge in [-0.15, -0.1) is 0 Å². The van der Waals surface area contributed by atoms with Gasteiger partial charge in [0.05, 0.1) is 6.42 Å². The molecule has 3 rings (SSSR count). The Bertz CT molecular complexity index is 716. The summed E-state index contributed by atoms with van der Waals surface area (Å²) in [7, 11) is 0. The summed E-state index contributed by atoms with van der Waals surface area (Å²) in [6.45, 7) is 1.21. The van der Waals surface area contributed by atoms with Crippen molar-refractivity contribution in [2.45, 2.75) is 19.5 Å². The Balaban J connectivity index is 1.76. The summed E-state index contributed by atoms with van der Waals surface area (Å²) in [5, 5.41) is 0. The molecule has 3 aromatic rings. The van der Waals surface area contributed by atoms with Crippen molar-refractivity contribution < 1.29 is 4.79 Å². The Kier molecular flexibility index (Phi) is 5.36. The molecule has 0 bridgehead atoms. The van der Waals surface area contributed by atoms with Gasteiger partial charge in [0.2, 0.25) is 5.91 Å². The maximum Gasteiger partial charge on any atom is 0.227 e. The van der Waals surface area contributed by atoms with E-state index >= 15 is 0 Å². The average molecular weight is 316 g/mol. The zero-order chi connectivity index (χ0) is 16.6. The first-order valence-electron chi connectivity index (χ1n) is 8.06. The van der Waals surface area contributed by atoms with Crippen LogP contribution in [-0.2, 0) is 24.3 Å². The Hall–Kier alpha value is -2.94. The van der Waals surface area contributed by atoms with Gasteiger partial charge in [0.1, 0.15) is 0 Å². The van der Waals surface area contributed by atoms with Gasteiger partial charge in [-0.3, -0.25) is 9.78 Å². The van der Waals surface area contributed by atoms with Crippen LogP contribution in [0.4, 0.5) is 0 Å². The van der Waals surface area contributed by atoms with Crippen molar-refractivity contribution in [3.05, 3.63) is 102 Å². The predicted molar refractivity (Wildman–Crippen MR) is 95.1 cm³/mol. The van der Waals surface area contributed by atoms with Gasteiger partial charge in [-0.25, -0.2) is 0 Å². The van der Waals surface area contributed by atoms with Gasteiger partial charge in [-0.05, 0) is 22.8 Å². The van der Waals surface area contributed by atoms with Crippen LogP contribution in [-0.4, -0.2) is 15.8 Å². The predicted octanol–water partition coefficient (Wildman–Crippen LogP) is 3.85. The summed E-state index contributed by atoms with van der Waals surface area (Å²) >= 11 is 0. The third-order valence-corrected chi connectivity index (χ3v) is 3.86. The number of rotatable bonds is 6. The lowest BCUT2D eigenvalue weighted by Gasteiger charge is -2.23. The molecule has 0 N–H and O–H groups in total. The lowest BCUT2D eigenvalue weighted by atomic mass is 10.1. The van der Waals surface area contributed by atoms with Gasteiger partial charge in [-0.1, -0.05) is 66.7 Å². The number of hydrogen-bond donors (Lipinski definition) is 0. The largest absolute Gasteiger partial charge is 0.334 e. The summed E-state index contributed by atoms with van der Waals surface area (Å²) < 4.78 is 0. The van der Waals surface area contributed by atoms with Crippen LogP contribution in [0.1, 0.15) is 16.7 Å². The minimum atomic E-state index is 0.107. The summed E-state index contributed by atoms with van der Waals surface area (Å²) in [4.78, 5) is 18.8. The van der Waals surface area contributed by atoms with Crippen molar-refractivity contribution in [2.75, 3.05) is 0 Å². The van der Waals surface area contributed by atoms with E-state index in [1.807, 2.05) is 53.4 Å². The molecule has 1 amide bonds. The molecule has 0 saturated carbocycles. The second-order valence-electron chi connectivity index (χ2n) is 5.76. The van der Waals surface area contributed by atoms with Crippen molar-refractivity contribution >= 4 is 5.91 Å². The molecule has 3 heteroatoms. The maximum atomic E-state index is 12.8. The lowest BCUT2D eigenvalue weighted by Crippen LogP contribution is -2.31. The Morgan fingerprint density at radius 3 is 1.79 bits per heavy atom. The molecule has 1 aromatic heterocycles. The van der Waals surface area contributed by atoms with Gasteiger partial charge in [0, 0.05) is 25.5 Å². The molecule has 24 heavy (non-hydrogen) atoms. The van der Waals surface area contributed by atoms with Crippen molar-refractivity contribution in [2.24, 2.45) is 0 Å². The van der Waals surface area contributed by atoms with Gasteiger partial charge >= 0.3 is 0 Å². The number of carbonyl (C=O) groups is 1.